The smallest absolute Gasteiger partial charge is 0.341 e. The molecule has 2 atom stereocenters. The number of carbonyl (C=O) groups excluding carboxylic acids is 2. The van der Waals surface area contributed by atoms with Crippen molar-refractivity contribution in [3.8, 4) is 0 Å². The van der Waals surface area contributed by atoms with Crippen molar-refractivity contribution in [1.29, 1.82) is 0 Å². The van der Waals surface area contributed by atoms with Crippen molar-refractivity contribution >= 4 is 58.3 Å². The lowest BCUT2D eigenvalue weighted by atomic mass is 9.88. The summed E-state index contributed by atoms with van der Waals surface area (Å²) in [6, 6.07) is 0. The molecule has 0 aromatic heterocycles. The van der Waals surface area contributed by atoms with Gasteiger partial charge in [0.2, 0.25) is 0 Å². The van der Waals surface area contributed by atoms with Crippen molar-refractivity contribution in [1.82, 2.24) is 0 Å². The molecule has 0 N–H and O–H groups in total. The second-order valence-corrected chi connectivity index (χ2v) is 5.09. The maximum absolute atomic E-state index is 11.4. The number of cyclic esters (lactones) is 2. The second kappa shape index (κ2) is 3.14. The molecule has 15 heavy (non-hydrogen) atoms. The van der Waals surface area contributed by atoms with Crippen LogP contribution in [0.2, 0.25) is 0 Å². The molecule has 3 nitrogen and oxygen atoms in total. The monoisotopic (exact) mass is 286 g/mol. The lowest BCUT2D eigenvalue weighted by Crippen LogP contribution is -2.47. The minimum Gasteiger partial charge on any atom is -0.390 e. The first kappa shape index (κ1) is 11.3. The first-order chi connectivity index (χ1) is 6.81. The molecule has 0 saturated carbocycles. The van der Waals surface area contributed by atoms with Crippen molar-refractivity contribution in [2.75, 3.05) is 0 Å². The minimum absolute atomic E-state index is 0.0505. The highest BCUT2D eigenvalue weighted by molar-refractivity contribution is 6.55. The summed E-state index contributed by atoms with van der Waals surface area (Å²) in [6.07, 6.45) is 2.22. The van der Waals surface area contributed by atoms with Crippen LogP contribution in [-0.2, 0) is 14.3 Å². The van der Waals surface area contributed by atoms with Gasteiger partial charge in [-0.05, 0) is 12.2 Å². The molecule has 0 spiro atoms. The summed E-state index contributed by atoms with van der Waals surface area (Å²) in [6.45, 7) is 0. The zero-order valence-corrected chi connectivity index (χ0v) is 9.92. The van der Waals surface area contributed by atoms with E-state index in [9.17, 15) is 9.59 Å². The summed E-state index contributed by atoms with van der Waals surface area (Å²) < 4.78 is 4.36. The third-order valence-electron chi connectivity index (χ3n) is 2.19. The van der Waals surface area contributed by atoms with E-state index in [-0.39, 0.29) is 10.1 Å². The fourth-order valence-electron chi connectivity index (χ4n) is 1.34. The third-order valence-corrected chi connectivity index (χ3v) is 4.13. The first-order valence-corrected chi connectivity index (χ1v) is 5.24. The lowest BCUT2D eigenvalue weighted by Gasteiger charge is -2.28. The van der Waals surface area contributed by atoms with E-state index in [4.69, 9.17) is 46.4 Å². The van der Waals surface area contributed by atoms with Gasteiger partial charge in [-0.25, -0.2) is 9.59 Å². The number of halogens is 4. The molecule has 1 aliphatic carbocycles. The Bertz CT molecular complexity index is 401. The quantitative estimate of drug-likeness (QED) is 0.390. The lowest BCUT2D eigenvalue weighted by molar-refractivity contribution is -0.152. The molecule has 2 rings (SSSR count). The van der Waals surface area contributed by atoms with Crippen LogP contribution in [0.4, 0.5) is 0 Å². The van der Waals surface area contributed by atoms with E-state index in [1.165, 1.54) is 0 Å². The highest BCUT2D eigenvalue weighted by Crippen LogP contribution is 2.50. The van der Waals surface area contributed by atoms with Crippen LogP contribution in [0.1, 0.15) is 0 Å². The molecule has 1 fully saturated rings. The van der Waals surface area contributed by atoms with Crippen molar-refractivity contribution in [3.63, 3.8) is 0 Å². The summed E-state index contributed by atoms with van der Waals surface area (Å²) in [7, 11) is 0. The van der Waals surface area contributed by atoms with E-state index in [1.54, 1.807) is 0 Å². The minimum atomic E-state index is -1.82. The Morgan fingerprint density at radius 3 is 1.60 bits per heavy atom. The van der Waals surface area contributed by atoms with Gasteiger partial charge in [0.15, 0.2) is 9.75 Å². The Morgan fingerprint density at radius 2 is 1.27 bits per heavy atom. The largest absolute Gasteiger partial charge is 0.390 e. The van der Waals surface area contributed by atoms with Gasteiger partial charge in [-0.2, -0.15) is 0 Å². The Kier molecular flexibility index (Phi) is 2.36. The van der Waals surface area contributed by atoms with Crippen molar-refractivity contribution in [2.45, 2.75) is 9.75 Å². The number of carbonyl (C=O) groups is 2. The highest BCUT2D eigenvalue weighted by atomic mass is 35.5. The zero-order valence-electron chi connectivity index (χ0n) is 6.89. The molecule has 1 saturated heterocycles. The average molecular weight is 288 g/mol. The molecule has 7 heteroatoms. The van der Waals surface area contributed by atoms with Gasteiger partial charge < -0.3 is 4.74 Å². The number of hydrogen-bond donors (Lipinski definition) is 0. The Hall–Kier alpha value is -0.220. The summed E-state index contributed by atoms with van der Waals surface area (Å²) in [5, 5.41) is 0.101. The van der Waals surface area contributed by atoms with E-state index in [2.05, 4.69) is 4.74 Å². The predicted molar refractivity (Wildman–Crippen MR) is 56.1 cm³/mol. The van der Waals surface area contributed by atoms with Gasteiger partial charge in [0.05, 0.1) is 10.1 Å². The van der Waals surface area contributed by atoms with Crippen LogP contribution in [0, 0.1) is 0 Å². The van der Waals surface area contributed by atoms with Gasteiger partial charge in [0.25, 0.3) is 0 Å². The summed E-state index contributed by atoms with van der Waals surface area (Å²) in [4.78, 5) is 19.1. The normalized spacial score (nSPS) is 39.5. The molecule has 0 aromatic rings. The summed E-state index contributed by atoms with van der Waals surface area (Å²) in [5.74, 6) is -1.91. The van der Waals surface area contributed by atoms with Gasteiger partial charge in [-0.15, -0.1) is 0 Å². The standard InChI is InChI=1S/C8H2Cl4O3/c9-3-1-7(11)5(13)15-6(14)8(7,12)2-4(3)10/h1-2H. The van der Waals surface area contributed by atoms with Gasteiger partial charge in [-0.1, -0.05) is 46.4 Å². The van der Waals surface area contributed by atoms with Crippen LogP contribution in [0.3, 0.4) is 0 Å². The summed E-state index contributed by atoms with van der Waals surface area (Å²) >= 11 is 23.2. The van der Waals surface area contributed by atoms with E-state index in [0.29, 0.717) is 0 Å². The second-order valence-electron chi connectivity index (χ2n) is 3.09. The molecule has 0 amide bonds. The maximum Gasteiger partial charge on any atom is 0.341 e. The molecule has 0 radical (unpaired) electrons. The molecule has 0 aromatic carbocycles. The first-order valence-electron chi connectivity index (χ1n) is 3.73. The van der Waals surface area contributed by atoms with Crippen molar-refractivity contribution in [2.24, 2.45) is 0 Å². The Labute approximate surface area is 105 Å². The molecule has 0 bridgehead atoms. The molecule has 1 aliphatic heterocycles. The van der Waals surface area contributed by atoms with Crippen LogP contribution in [0.25, 0.3) is 0 Å². The van der Waals surface area contributed by atoms with E-state index >= 15 is 0 Å². The van der Waals surface area contributed by atoms with Gasteiger partial charge in [-0.3, -0.25) is 0 Å². The van der Waals surface area contributed by atoms with Crippen molar-refractivity contribution < 1.29 is 14.3 Å². The van der Waals surface area contributed by atoms with Crippen LogP contribution in [0.5, 0.6) is 0 Å². The summed E-state index contributed by atoms with van der Waals surface area (Å²) in [5.41, 5.74) is 0. The van der Waals surface area contributed by atoms with Crippen LogP contribution in [-0.4, -0.2) is 21.7 Å². The van der Waals surface area contributed by atoms with E-state index < -0.39 is 21.7 Å². The van der Waals surface area contributed by atoms with Crippen LogP contribution in [0.15, 0.2) is 22.2 Å². The third kappa shape index (κ3) is 1.27. The number of esters is 2. The Morgan fingerprint density at radius 1 is 0.933 bits per heavy atom. The number of rotatable bonds is 0. The molecular weight excluding hydrogens is 286 g/mol. The maximum atomic E-state index is 11.4. The van der Waals surface area contributed by atoms with Crippen LogP contribution >= 0.6 is 46.4 Å². The Balaban J connectivity index is 2.67. The zero-order chi connectivity index (χ0) is 11.4. The number of alkyl halides is 2. The van der Waals surface area contributed by atoms with Gasteiger partial charge in [0.1, 0.15) is 0 Å². The fraction of sp³-hybridized carbons (Fsp3) is 0.250. The molecular formula is C8H2Cl4O3. The number of hydrogen-bond acceptors (Lipinski definition) is 3. The predicted octanol–water partition coefficient (Wildman–Crippen LogP) is 2.28. The fourth-order valence-corrected chi connectivity index (χ4v) is 2.45. The SMILES string of the molecule is O=C1OC(=O)C2(Cl)C=C(Cl)C(Cl)=CC12Cl. The van der Waals surface area contributed by atoms with Gasteiger partial charge >= 0.3 is 11.9 Å². The van der Waals surface area contributed by atoms with E-state index in [1.807, 2.05) is 0 Å². The number of fused-ring (bicyclic) bond motifs is 1. The van der Waals surface area contributed by atoms with Gasteiger partial charge in [0, 0.05) is 0 Å². The molecule has 2 aliphatic rings. The van der Waals surface area contributed by atoms with Crippen LogP contribution < -0.4 is 0 Å². The molecule has 2 unspecified atom stereocenters. The topological polar surface area (TPSA) is 43.4 Å². The highest BCUT2D eigenvalue weighted by Gasteiger charge is 2.67. The number of ether oxygens (including phenoxy) is 1. The van der Waals surface area contributed by atoms with E-state index in [0.717, 1.165) is 12.2 Å². The number of allylic oxidation sites excluding steroid dienone is 2. The average Bonchev–Trinajstić information content (AvgIpc) is 2.28. The van der Waals surface area contributed by atoms with Crippen molar-refractivity contribution in [3.05, 3.63) is 22.2 Å². The molecule has 80 valence electrons. The molecule has 1 heterocycles.